The summed E-state index contributed by atoms with van der Waals surface area (Å²) in [5.41, 5.74) is 2.52. The highest BCUT2D eigenvalue weighted by Gasteiger charge is 2.31. The maximum atomic E-state index is 14.2. The van der Waals surface area contributed by atoms with Gasteiger partial charge in [-0.1, -0.05) is 12.1 Å². The van der Waals surface area contributed by atoms with Crippen molar-refractivity contribution in [1.29, 1.82) is 0 Å². The van der Waals surface area contributed by atoms with E-state index in [1.54, 1.807) is 37.3 Å². The van der Waals surface area contributed by atoms with E-state index in [1.807, 2.05) is 0 Å². The Morgan fingerprint density at radius 2 is 1.69 bits per heavy atom. The Bertz CT molecular complexity index is 1280. The van der Waals surface area contributed by atoms with Crippen molar-refractivity contribution >= 4 is 11.1 Å². The molecular formula is C28H25F4NO3. The Morgan fingerprint density at radius 1 is 1.00 bits per heavy atom. The van der Waals surface area contributed by atoms with E-state index >= 15 is 0 Å². The van der Waals surface area contributed by atoms with Crippen LogP contribution < -0.4 is 9.47 Å². The summed E-state index contributed by atoms with van der Waals surface area (Å²) in [6, 6.07) is 13.7. The SMILES string of the molecule is CC1=C(c2cc(F)c(F)c(F)c2)C(c2ccc(OCCN3CC(CF)C3)cc2)Oc2ccc(O)cc21. The van der Waals surface area contributed by atoms with Gasteiger partial charge in [0.05, 0.1) is 6.67 Å². The van der Waals surface area contributed by atoms with Crippen molar-refractivity contribution in [2.45, 2.75) is 13.0 Å². The minimum absolute atomic E-state index is 0.0194. The number of phenolic OH excluding ortho intramolecular Hbond substituents is 1. The van der Waals surface area contributed by atoms with Crippen LogP contribution in [-0.2, 0) is 0 Å². The number of hydrogen-bond acceptors (Lipinski definition) is 4. The Kier molecular flexibility index (Phi) is 6.62. The topological polar surface area (TPSA) is 41.9 Å². The van der Waals surface area contributed by atoms with Gasteiger partial charge < -0.3 is 14.6 Å². The van der Waals surface area contributed by atoms with E-state index in [4.69, 9.17) is 9.47 Å². The number of likely N-dealkylation sites (tertiary alicyclic amines) is 1. The van der Waals surface area contributed by atoms with Crippen LogP contribution in [0.5, 0.6) is 17.2 Å². The molecule has 0 spiro atoms. The fourth-order valence-corrected chi connectivity index (χ4v) is 4.74. The molecule has 2 aliphatic rings. The van der Waals surface area contributed by atoms with Crippen molar-refractivity contribution in [3.8, 4) is 17.2 Å². The van der Waals surface area contributed by atoms with Crippen LogP contribution >= 0.6 is 0 Å². The quantitative estimate of drug-likeness (QED) is 0.313. The Labute approximate surface area is 206 Å². The molecule has 1 unspecified atom stereocenters. The first-order valence-electron chi connectivity index (χ1n) is 11.7. The van der Waals surface area contributed by atoms with Crippen LogP contribution in [0.3, 0.4) is 0 Å². The number of fused-ring (bicyclic) bond motifs is 1. The third-order valence-electron chi connectivity index (χ3n) is 6.68. The molecule has 4 nitrogen and oxygen atoms in total. The third-order valence-corrected chi connectivity index (χ3v) is 6.68. The number of ether oxygens (including phenoxy) is 2. The van der Waals surface area contributed by atoms with E-state index in [2.05, 4.69) is 4.90 Å². The third kappa shape index (κ3) is 4.65. The van der Waals surface area contributed by atoms with E-state index < -0.39 is 23.6 Å². The zero-order valence-electron chi connectivity index (χ0n) is 19.6. The lowest BCUT2D eigenvalue weighted by molar-refractivity contribution is 0.0668. The van der Waals surface area contributed by atoms with Crippen molar-refractivity contribution in [2.75, 3.05) is 32.9 Å². The molecular weight excluding hydrogens is 474 g/mol. The van der Waals surface area contributed by atoms with Gasteiger partial charge >= 0.3 is 0 Å². The predicted octanol–water partition coefficient (Wildman–Crippen LogP) is 6.15. The van der Waals surface area contributed by atoms with Crippen molar-refractivity contribution in [1.82, 2.24) is 4.90 Å². The molecule has 0 amide bonds. The van der Waals surface area contributed by atoms with Crippen molar-refractivity contribution in [2.24, 2.45) is 5.92 Å². The van der Waals surface area contributed by atoms with Gasteiger partial charge in [0.25, 0.3) is 0 Å². The molecule has 188 valence electrons. The van der Waals surface area contributed by atoms with Gasteiger partial charge in [-0.3, -0.25) is 9.29 Å². The molecule has 1 fully saturated rings. The second kappa shape index (κ2) is 9.85. The van der Waals surface area contributed by atoms with Crippen molar-refractivity contribution < 1.29 is 32.1 Å². The molecule has 3 aromatic rings. The maximum absolute atomic E-state index is 14.2. The minimum Gasteiger partial charge on any atom is -0.508 e. The van der Waals surface area contributed by atoms with Crippen LogP contribution in [0.2, 0.25) is 0 Å². The average Bonchev–Trinajstić information content (AvgIpc) is 2.84. The van der Waals surface area contributed by atoms with Crippen LogP contribution in [0.25, 0.3) is 11.1 Å². The van der Waals surface area contributed by atoms with Gasteiger partial charge in [-0.25, -0.2) is 13.2 Å². The lowest BCUT2D eigenvalue weighted by Crippen LogP contribution is -2.49. The van der Waals surface area contributed by atoms with Gasteiger partial charge in [0.1, 0.15) is 30.0 Å². The highest BCUT2D eigenvalue weighted by Crippen LogP contribution is 2.47. The molecule has 1 saturated heterocycles. The molecule has 36 heavy (non-hydrogen) atoms. The number of hydrogen-bond donors (Lipinski definition) is 1. The number of benzene rings is 3. The largest absolute Gasteiger partial charge is 0.508 e. The van der Waals surface area contributed by atoms with Gasteiger partial charge in [0, 0.05) is 36.7 Å². The summed E-state index contributed by atoms with van der Waals surface area (Å²) in [7, 11) is 0. The lowest BCUT2D eigenvalue weighted by atomic mass is 9.86. The highest BCUT2D eigenvalue weighted by atomic mass is 19.2. The van der Waals surface area contributed by atoms with Crippen LogP contribution in [-0.4, -0.2) is 42.9 Å². The number of rotatable bonds is 7. The first-order chi connectivity index (χ1) is 17.3. The summed E-state index contributed by atoms with van der Waals surface area (Å²) >= 11 is 0. The molecule has 2 aliphatic heterocycles. The van der Waals surface area contributed by atoms with E-state index in [-0.39, 0.29) is 23.9 Å². The van der Waals surface area contributed by atoms with Crippen LogP contribution in [0, 0.1) is 23.4 Å². The second-order valence-electron chi connectivity index (χ2n) is 9.17. The molecule has 0 aliphatic carbocycles. The maximum Gasteiger partial charge on any atom is 0.194 e. The summed E-state index contributed by atoms with van der Waals surface area (Å²) in [5, 5.41) is 9.97. The van der Waals surface area contributed by atoms with E-state index in [0.29, 0.717) is 46.9 Å². The second-order valence-corrected chi connectivity index (χ2v) is 9.17. The van der Waals surface area contributed by atoms with E-state index in [0.717, 1.165) is 25.2 Å². The molecule has 2 heterocycles. The molecule has 0 saturated carbocycles. The van der Waals surface area contributed by atoms with Gasteiger partial charge in [0.2, 0.25) is 0 Å². The number of nitrogens with zero attached hydrogens (tertiary/aromatic N) is 1. The fourth-order valence-electron chi connectivity index (χ4n) is 4.74. The summed E-state index contributed by atoms with van der Waals surface area (Å²) in [5.74, 6) is -2.84. The smallest absolute Gasteiger partial charge is 0.194 e. The predicted molar refractivity (Wildman–Crippen MR) is 128 cm³/mol. The number of allylic oxidation sites excluding steroid dienone is 1. The van der Waals surface area contributed by atoms with Crippen molar-refractivity contribution in [3.63, 3.8) is 0 Å². The standard InChI is InChI=1S/C28H25F4NO3/c1-16-22-12-20(34)4-7-25(22)36-28(26(16)19-10-23(30)27(32)24(31)11-19)18-2-5-21(6-3-18)35-9-8-33-14-17(13-29)15-33/h2-7,10-12,17,28,34H,8-9,13-15H2,1H3. The van der Waals surface area contributed by atoms with E-state index in [9.17, 15) is 22.7 Å². The normalized spacial score (nSPS) is 18.0. The van der Waals surface area contributed by atoms with Gasteiger partial charge in [-0.2, -0.15) is 0 Å². The first kappa shape index (κ1) is 24.2. The Balaban J connectivity index is 1.42. The zero-order valence-corrected chi connectivity index (χ0v) is 19.6. The molecule has 1 N–H and O–H groups in total. The van der Waals surface area contributed by atoms with Crippen molar-refractivity contribution in [3.05, 3.63) is 88.7 Å². The molecule has 0 aromatic heterocycles. The summed E-state index contributed by atoms with van der Waals surface area (Å²) in [4.78, 5) is 2.13. The summed E-state index contributed by atoms with van der Waals surface area (Å²) < 4.78 is 66.6. The number of phenols is 1. The lowest BCUT2D eigenvalue weighted by Gasteiger charge is -2.37. The molecule has 1 atom stereocenters. The number of aromatic hydroxyl groups is 1. The highest BCUT2D eigenvalue weighted by molar-refractivity contribution is 5.95. The summed E-state index contributed by atoms with van der Waals surface area (Å²) in [6.07, 6.45) is -0.737. The van der Waals surface area contributed by atoms with Crippen LogP contribution in [0.15, 0.2) is 54.6 Å². The van der Waals surface area contributed by atoms with Gasteiger partial charge in [0.15, 0.2) is 17.5 Å². The molecule has 3 aromatic carbocycles. The first-order valence-corrected chi connectivity index (χ1v) is 11.7. The zero-order chi connectivity index (χ0) is 25.4. The summed E-state index contributed by atoms with van der Waals surface area (Å²) in [6.45, 7) is 4.14. The Hall–Kier alpha value is -3.52. The molecule has 5 rings (SSSR count). The molecule has 8 heteroatoms. The number of alkyl halides is 1. The number of halogens is 4. The van der Waals surface area contributed by atoms with Gasteiger partial charge in [-0.05, 0) is 66.1 Å². The molecule has 0 bridgehead atoms. The van der Waals surface area contributed by atoms with Crippen LogP contribution in [0.1, 0.15) is 29.7 Å². The molecule has 0 radical (unpaired) electrons. The minimum atomic E-state index is -1.54. The Morgan fingerprint density at radius 3 is 2.36 bits per heavy atom. The van der Waals surface area contributed by atoms with Crippen LogP contribution in [0.4, 0.5) is 17.6 Å². The van der Waals surface area contributed by atoms with Gasteiger partial charge in [-0.15, -0.1) is 0 Å². The van der Waals surface area contributed by atoms with E-state index in [1.165, 1.54) is 12.1 Å². The fraction of sp³-hybridized carbons (Fsp3) is 0.286. The monoisotopic (exact) mass is 499 g/mol. The average molecular weight is 500 g/mol.